The smallest absolute Gasteiger partial charge is 0.137 e. The first kappa shape index (κ1) is 15.5. The van der Waals surface area contributed by atoms with Gasteiger partial charge in [-0.2, -0.15) is 0 Å². The van der Waals surface area contributed by atoms with Gasteiger partial charge >= 0.3 is 0 Å². The molecule has 2 aromatic heterocycles. The van der Waals surface area contributed by atoms with Crippen LogP contribution in [0.4, 0.5) is 0 Å². The van der Waals surface area contributed by atoms with Gasteiger partial charge in [-0.3, -0.25) is 4.98 Å². The molecule has 0 unspecified atom stereocenters. The standard InChI is InChI=1S/C22H20N2O/c1-25-20-12-11-19(23-14-20)13-18-16-24(15-17-7-3-2-4-8-17)22-10-6-5-9-21(18)22/h2-12,14,16H,13,15H2,1H3. The molecule has 2 heterocycles. The van der Waals surface area contributed by atoms with Gasteiger partial charge in [0, 0.05) is 35.8 Å². The summed E-state index contributed by atoms with van der Waals surface area (Å²) >= 11 is 0. The highest BCUT2D eigenvalue weighted by molar-refractivity contribution is 5.84. The van der Waals surface area contributed by atoms with E-state index < -0.39 is 0 Å². The number of rotatable bonds is 5. The van der Waals surface area contributed by atoms with Gasteiger partial charge in [0.1, 0.15) is 5.75 Å². The fourth-order valence-corrected chi connectivity index (χ4v) is 3.21. The molecular formula is C22H20N2O. The summed E-state index contributed by atoms with van der Waals surface area (Å²) in [7, 11) is 1.66. The van der Waals surface area contributed by atoms with E-state index in [0.29, 0.717) is 0 Å². The van der Waals surface area contributed by atoms with E-state index in [0.717, 1.165) is 24.4 Å². The van der Waals surface area contributed by atoms with Crippen molar-refractivity contribution in [3.8, 4) is 5.75 Å². The van der Waals surface area contributed by atoms with Crippen molar-refractivity contribution in [1.29, 1.82) is 0 Å². The molecule has 4 aromatic rings. The fourth-order valence-electron chi connectivity index (χ4n) is 3.21. The van der Waals surface area contributed by atoms with E-state index in [-0.39, 0.29) is 0 Å². The number of para-hydroxylation sites is 1. The lowest BCUT2D eigenvalue weighted by Gasteiger charge is -2.05. The number of fused-ring (bicyclic) bond motifs is 1. The van der Waals surface area contributed by atoms with E-state index in [4.69, 9.17) is 4.74 Å². The van der Waals surface area contributed by atoms with Gasteiger partial charge in [-0.15, -0.1) is 0 Å². The largest absolute Gasteiger partial charge is 0.495 e. The molecule has 4 rings (SSSR count). The lowest BCUT2D eigenvalue weighted by atomic mass is 10.1. The van der Waals surface area contributed by atoms with Gasteiger partial charge in [0.25, 0.3) is 0 Å². The summed E-state index contributed by atoms with van der Waals surface area (Å²) in [5.74, 6) is 0.787. The van der Waals surface area contributed by atoms with Crippen LogP contribution in [0, 0.1) is 0 Å². The van der Waals surface area contributed by atoms with Crippen molar-refractivity contribution in [2.75, 3.05) is 7.11 Å². The minimum atomic E-state index is 0.787. The second kappa shape index (κ2) is 6.81. The topological polar surface area (TPSA) is 27.1 Å². The van der Waals surface area contributed by atoms with Gasteiger partial charge < -0.3 is 9.30 Å². The van der Waals surface area contributed by atoms with Crippen LogP contribution in [0.15, 0.2) is 79.1 Å². The van der Waals surface area contributed by atoms with Crippen molar-refractivity contribution < 1.29 is 4.74 Å². The third kappa shape index (κ3) is 3.26. The number of methoxy groups -OCH3 is 1. The first-order valence-corrected chi connectivity index (χ1v) is 8.43. The molecule has 0 amide bonds. The molecule has 0 bridgehead atoms. The number of benzene rings is 2. The molecule has 3 nitrogen and oxygen atoms in total. The molecule has 25 heavy (non-hydrogen) atoms. The quantitative estimate of drug-likeness (QED) is 0.532. The molecule has 0 aliphatic heterocycles. The molecule has 0 N–H and O–H groups in total. The Labute approximate surface area is 147 Å². The summed E-state index contributed by atoms with van der Waals surface area (Å²) in [5, 5.41) is 1.29. The number of nitrogens with zero attached hydrogens (tertiary/aromatic N) is 2. The average molecular weight is 328 g/mol. The second-order valence-corrected chi connectivity index (χ2v) is 6.15. The Hall–Kier alpha value is -3.07. The SMILES string of the molecule is COc1ccc(Cc2cn(Cc3ccccc3)c3ccccc23)nc1. The predicted octanol–water partition coefficient (Wildman–Crippen LogP) is 4.68. The predicted molar refractivity (Wildman–Crippen MR) is 101 cm³/mol. The molecule has 0 radical (unpaired) electrons. The number of ether oxygens (including phenoxy) is 1. The lowest BCUT2D eigenvalue weighted by Crippen LogP contribution is -1.97. The molecule has 0 aliphatic rings. The van der Waals surface area contributed by atoms with E-state index in [2.05, 4.69) is 70.3 Å². The molecule has 0 saturated carbocycles. The van der Waals surface area contributed by atoms with Crippen LogP contribution in [-0.2, 0) is 13.0 Å². The van der Waals surface area contributed by atoms with Gasteiger partial charge in [0.05, 0.1) is 13.3 Å². The minimum Gasteiger partial charge on any atom is -0.495 e. The van der Waals surface area contributed by atoms with Gasteiger partial charge in [-0.25, -0.2) is 0 Å². The first-order valence-electron chi connectivity index (χ1n) is 8.43. The molecular weight excluding hydrogens is 308 g/mol. The lowest BCUT2D eigenvalue weighted by molar-refractivity contribution is 0.412. The molecule has 0 fully saturated rings. The van der Waals surface area contributed by atoms with Crippen LogP contribution in [-0.4, -0.2) is 16.7 Å². The Balaban J connectivity index is 1.69. The van der Waals surface area contributed by atoms with E-state index in [1.165, 1.54) is 22.0 Å². The fraction of sp³-hybridized carbons (Fsp3) is 0.136. The van der Waals surface area contributed by atoms with Crippen LogP contribution < -0.4 is 4.74 Å². The number of pyridine rings is 1. The number of aromatic nitrogens is 2. The van der Waals surface area contributed by atoms with E-state index in [9.17, 15) is 0 Å². The van der Waals surface area contributed by atoms with Gasteiger partial charge in [-0.1, -0.05) is 48.5 Å². The molecule has 0 spiro atoms. The molecule has 0 atom stereocenters. The summed E-state index contributed by atoms with van der Waals surface area (Å²) in [6.45, 7) is 0.872. The first-order chi connectivity index (χ1) is 12.3. The van der Waals surface area contributed by atoms with Crippen molar-refractivity contribution >= 4 is 10.9 Å². The highest BCUT2D eigenvalue weighted by atomic mass is 16.5. The Morgan fingerprint density at radius 1 is 0.920 bits per heavy atom. The van der Waals surface area contributed by atoms with Crippen LogP contribution in [0.5, 0.6) is 5.75 Å². The molecule has 0 saturated heterocycles. The maximum atomic E-state index is 5.19. The third-order valence-electron chi connectivity index (χ3n) is 4.47. The maximum absolute atomic E-state index is 5.19. The Morgan fingerprint density at radius 2 is 1.72 bits per heavy atom. The molecule has 124 valence electrons. The summed E-state index contributed by atoms with van der Waals surface area (Å²) in [6, 6.07) is 23.1. The highest BCUT2D eigenvalue weighted by Crippen LogP contribution is 2.24. The normalized spacial score (nSPS) is 10.9. The molecule has 0 aliphatic carbocycles. The summed E-state index contributed by atoms with van der Waals surface area (Å²) < 4.78 is 7.52. The van der Waals surface area contributed by atoms with Crippen molar-refractivity contribution in [2.45, 2.75) is 13.0 Å². The monoisotopic (exact) mass is 328 g/mol. The summed E-state index contributed by atoms with van der Waals surface area (Å²) in [6.07, 6.45) is 4.84. The Kier molecular flexibility index (Phi) is 4.21. The zero-order valence-corrected chi connectivity index (χ0v) is 14.2. The molecule has 3 heteroatoms. The second-order valence-electron chi connectivity index (χ2n) is 6.15. The van der Waals surface area contributed by atoms with Crippen molar-refractivity contribution in [3.63, 3.8) is 0 Å². The van der Waals surface area contributed by atoms with Crippen molar-refractivity contribution in [1.82, 2.24) is 9.55 Å². The molecule has 2 aromatic carbocycles. The van der Waals surface area contributed by atoms with Crippen LogP contribution in [0.1, 0.15) is 16.8 Å². The van der Waals surface area contributed by atoms with Crippen LogP contribution >= 0.6 is 0 Å². The van der Waals surface area contributed by atoms with E-state index in [1.54, 1.807) is 13.3 Å². The third-order valence-corrected chi connectivity index (χ3v) is 4.47. The van der Waals surface area contributed by atoms with Crippen LogP contribution in [0.3, 0.4) is 0 Å². The maximum Gasteiger partial charge on any atom is 0.137 e. The highest BCUT2D eigenvalue weighted by Gasteiger charge is 2.10. The number of hydrogen-bond donors (Lipinski definition) is 0. The summed E-state index contributed by atoms with van der Waals surface area (Å²) in [5.41, 5.74) is 4.90. The minimum absolute atomic E-state index is 0.787. The zero-order chi connectivity index (χ0) is 17.1. The van der Waals surface area contributed by atoms with E-state index >= 15 is 0 Å². The number of hydrogen-bond acceptors (Lipinski definition) is 2. The summed E-state index contributed by atoms with van der Waals surface area (Å²) in [4.78, 5) is 4.51. The van der Waals surface area contributed by atoms with Gasteiger partial charge in [0.2, 0.25) is 0 Å². The van der Waals surface area contributed by atoms with Crippen LogP contribution in [0.2, 0.25) is 0 Å². The Bertz CT molecular complexity index is 972. The van der Waals surface area contributed by atoms with Gasteiger partial charge in [0.15, 0.2) is 0 Å². The Morgan fingerprint density at radius 3 is 2.48 bits per heavy atom. The van der Waals surface area contributed by atoms with Gasteiger partial charge in [-0.05, 0) is 29.3 Å². The van der Waals surface area contributed by atoms with E-state index in [1.807, 2.05) is 12.1 Å². The van der Waals surface area contributed by atoms with Crippen molar-refractivity contribution in [2.24, 2.45) is 0 Å². The average Bonchev–Trinajstić information content (AvgIpc) is 3.01. The van der Waals surface area contributed by atoms with Crippen LogP contribution in [0.25, 0.3) is 10.9 Å². The zero-order valence-electron chi connectivity index (χ0n) is 14.2. The van der Waals surface area contributed by atoms with Crippen molar-refractivity contribution in [3.05, 3.63) is 95.9 Å².